The lowest BCUT2D eigenvalue weighted by Crippen LogP contribution is -2.46. The molecule has 2 fully saturated rings. The van der Waals surface area contributed by atoms with Crippen molar-refractivity contribution in [3.05, 3.63) is 18.2 Å². The highest BCUT2D eigenvalue weighted by molar-refractivity contribution is 5.77. The molecule has 2 heterocycles. The highest BCUT2D eigenvalue weighted by Gasteiger charge is 2.36. The van der Waals surface area contributed by atoms with Gasteiger partial charge in [0.15, 0.2) is 0 Å². The fourth-order valence-corrected chi connectivity index (χ4v) is 3.89. The van der Waals surface area contributed by atoms with Crippen molar-refractivity contribution in [2.24, 2.45) is 5.41 Å². The van der Waals surface area contributed by atoms with Crippen LogP contribution >= 0.6 is 0 Å². The Kier molecular flexibility index (Phi) is 4.76. The molecule has 1 amide bonds. The third-order valence-corrected chi connectivity index (χ3v) is 5.64. The number of nitrogens with one attached hydrogen (secondary N) is 1. The molecule has 0 saturated carbocycles. The molecule has 3 rings (SSSR count). The number of amides is 1. The molecule has 0 aliphatic carbocycles. The van der Waals surface area contributed by atoms with Gasteiger partial charge in [0.1, 0.15) is 5.75 Å². The van der Waals surface area contributed by atoms with Gasteiger partial charge >= 0.3 is 0 Å². The largest absolute Gasteiger partial charge is 0.494 e. The molecule has 23 heavy (non-hydrogen) atoms. The smallest absolute Gasteiger partial charge is 0.211 e. The first-order valence-electron chi connectivity index (χ1n) is 8.47. The quantitative estimate of drug-likeness (QED) is 0.867. The number of carbonyl (C=O) groups is 1. The van der Waals surface area contributed by atoms with Crippen LogP contribution in [0.1, 0.15) is 25.7 Å². The summed E-state index contributed by atoms with van der Waals surface area (Å²) < 4.78 is 5.40. The van der Waals surface area contributed by atoms with E-state index in [0.29, 0.717) is 17.6 Å². The molecule has 1 aromatic carbocycles. The van der Waals surface area contributed by atoms with Crippen LogP contribution in [0.2, 0.25) is 0 Å². The van der Waals surface area contributed by atoms with E-state index in [1.165, 1.54) is 44.5 Å². The van der Waals surface area contributed by atoms with E-state index in [4.69, 9.17) is 4.74 Å². The van der Waals surface area contributed by atoms with Gasteiger partial charge in [-0.15, -0.1) is 0 Å². The highest BCUT2D eigenvalue weighted by atomic mass is 16.5. The molecule has 0 unspecified atom stereocenters. The summed E-state index contributed by atoms with van der Waals surface area (Å²) in [6, 6.07) is 6.02. The van der Waals surface area contributed by atoms with E-state index in [9.17, 15) is 4.79 Å². The summed E-state index contributed by atoms with van der Waals surface area (Å²) in [5.41, 5.74) is 2.46. The molecule has 2 aliphatic rings. The van der Waals surface area contributed by atoms with Crippen LogP contribution in [0.5, 0.6) is 5.75 Å². The topological polar surface area (TPSA) is 44.8 Å². The minimum Gasteiger partial charge on any atom is -0.494 e. The molecular formula is C18H27N3O2. The number of hydrogen-bond acceptors (Lipinski definition) is 4. The predicted octanol–water partition coefficient (Wildman–Crippen LogP) is 2.58. The zero-order chi connectivity index (χ0) is 16.3. The van der Waals surface area contributed by atoms with Gasteiger partial charge in [-0.3, -0.25) is 4.79 Å². The SMILES string of the molecule is COc1cc(N2CCC3(CCN(C)CC3)CC2)ccc1NC=O. The first-order chi connectivity index (χ1) is 11.2. The molecule has 1 N–H and O–H groups in total. The van der Waals surface area contributed by atoms with Crippen molar-refractivity contribution in [1.29, 1.82) is 0 Å². The lowest BCUT2D eigenvalue weighted by molar-refractivity contribution is -0.105. The molecule has 2 saturated heterocycles. The zero-order valence-corrected chi connectivity index (χ0v) is 14.2. The van der Waals surface area contributed by atoms with Crippen LogP contribution in [0.3, 0.4) is 0 Å². The van der Waals surface area contributed by atoms with Crippen molar-refractivity contribution in [3.8, 4) is 5.75 Å². The van der Waals surface area contributed by atoms with E-state index in [2.05, 4.69) is 28.2 Å². The van der Waals surface area contributed by atoms with Gasteiger partial charge in [-0.1, -0.05) is 0 Å². The molecule has 0 radical (unpaired) electrons. The van der Waals surface area contributed by atoms with Gasteiger partial charge < -0.3 is 19.9 Å². The second-order valence-corrected chi connectivity index (χ2v) is 6.94. The van der Waals surface area contributed by atoms with E-state index in [1.54, 1.807) is 7.11 Å². The van der Waals surface area contributed by atoms with Crippen LogP contribution in [0, 0.1) is 5.41 Å². The fraction of sp³-hybridized carbons (Fsp3) is 0.611. The number of likely N-dealkylation sites (tertiary alicyclic amines) is 1. The lowest BCUT2D eigenvalue weighted by atomic mass is 9.71. The average molecular weight is 317 g/mol. The average Bonchev–Trinajstić information content (AvgIpc) is 2.59. The Balaban J connectivity index is 1.66. The van der Waals surface area contributed by atoms with Crippen molar-refractivity contribution in [3.63, 3.8) is 0 Å². The van der Waals surface area contributed by atoms with Gasteiger partial charge in [-0.05, 0) is 63.4 Å². The second kappa shape index (κ2) is 6.79. The van der Waals surface area contributed by atoms with Crippen LogP contribution in [0.4, 0.5) is 11.4 Å². The molecule has 2 aliphatic heterocycles. The van der Waals surface area contributed by atoms with Crippen molar-refractivity contribution in [2.45, 2.75) is 25.7 Å². The molecule has 1 aromatic rings. The van der Waals surface area contributed by atoms with E-state index < -0.39 is 0 Å². The molecule has 126 valence electrons. The molecule has 5 nitrogen and oxygen atoms in total. The number of anilines is 2. The van der Waals surface area contributed by atoms with Gasteiger partial charge in [-0.25, -0.2) is 0 Å². The number of nitrogens with zero attached hydrogens (tertiary/aromatic N) is 2. The van der Waals surface area contributed by atoms with E-state index in [1.807, 2.05) is 12.1 Å². The summed E-state index contributed by atoms with van der Waals surface area (Å²) >= 11 is 0. The second-order valence-electron chi connectivity index (χ2n) is 6.94. The summed E-state index contributed by atoms with van der Waals surface area (Å²) in [4.78, 5) is 15.5. The van der Waals surface area contributed by atoms with Crippen LogP contribution in [0.15, 0.2) is 18.2 Å². The van der Waals surface area contributed by atoms with Crippen molar-refractivity contribution >= 4 is 17.8 Å². The van der Waals surface area contributed by atoms with Gasteiger partial charge in [0.25, 0.3) is 0 Å². The first kappa shape index (κ1) is 16.1. The number of carbonyl (C=O) groups excluding carboxylic acids is 1. The van der Waals surface area contributed by atoms with Crippen LogP contribution in [0.25, 0.3) is 0 Å². The van der Waals surface area contributed by atoms with E-state index >= 15 is 0 Å². The number of ether oxygens (including phenoxy) is 1. The van der Waals surface area contributed by atoms with Gasteiger partial charge in [0, 0.05) is 24.8 Å². The number of hydrogen-bond donors (Lipinski definition) is 1. The number of piperidine rings is 2. The molecular weight excluding hydrogens is 290 g/mol. The van der Waals surface area contributed by atoms with Gasteiger partial charge in [-0.2, -0.15) is 0 Å². The maximum Gasteiger partial charge on any atom is 0.211 e. The third kappa shape index (κ3) is 3.44. The minimum atomic E-state index is 0.562. The minimum absolute atomic E-state index is 0.562. The van der Waals surface area contributed by atoms with E-state index in [-0.39, 0.29) is 0 Å². The van der Waals surface area contributed by atoms with Crippen LogP contribution in [-0.4, -0.2) is 51.6 Å². The Hall–Kier alpha value is -1.75. The number of methoxy groups -OCH3 is 1. The van der Waals surface area contributed by atoms with Crippen molar-refractivity contribution in [2.75, 3.05) is 50.6 Å². The summed E-state index contributed by atoms with van der Waals surface area (Å²) in [5.74, 6) is 0.717. The van der Waals surface area contributed by atoms with Crippen LogP contribution < -0.4 is 15.0 Å². The van der Waals surface area contributed by atoms with Gasteiger partial charge in [0.05, 0.1) is 12.8 Å². The molecule has 0 aromatic heterocycles. The lowest BCUT2D eigenvalue weighted by Gasteiger charge is -2.46. The maximum atomic E-state index is 10.6. The highest BCUT2D eigenvalue weighted by Crippen LogP contribution is 2.42. The Morgan fingerprint density at radius 2 is 1.78 bits per heavy atom. The molecule has 0 bridgehead atoms. The summed E-state index contributed by atoms with van der Waals surface area (Å²) in [5, 5.41) is 2.68. The summed E-state index contributed by atoms with van der Waals surface area (Å²) in [6.07, 6.45) is 5.91. The monoisotopic (exact) mass is 317 g/mol. The Bertz CT molecular complexity index is 543. The predicted molar refractivity (Wildman–Crippen MR) is 93.3 cm³/mol. The summed E-state index contributed by atoms with van der Waals surface area (Å²) in [7, 11) is 3.86. The number of rotatable bonds is 4. The Morgan fingerprint density at radius 3 is 2.39 bits per heavy atom. The molecule has 1 spiro atoms. The van der Waals surface area contributed by atoms with Crippen LogP contribution in [-0.2, 0) is 4.79 Å². The fourth-order valence-electron chi connectivity index (χ4n) is 3.89. The van der Waals surface area contributed by atoms with E-state index in [0.717, 1.165) is 18.8 Å². The van der Waals surface area contributed by atoms with Gasteiger partial charge in [0.2, 0.25) is 6.41 Å². The van der Waals surface area contributed by atoms with Crippen molar-refractivity contribution < 1.29 is 9.53 Å². The standard InChI is InChI=1S/C18H27N3O2/c1-20-9-5-18(6-10-20)7-11-21(12-8-18)15-3-4-16(19-14-22)17(13-15)23-2/h3-4,13-14H,5-12H2,1-2H3,(H,19,22). The first-order valence-corrected chi connectivity index (χ1v) is 8.47. The van der Waals surface area contributed by atoms with Crippen molar-refractivity contribution in [1.82, 2.24) is 4.90 Å². The third-order valence-electron chi connectivity index (χ3n) is 5.64. The Morgan fingerprint density at radius 1 is 1.13 bits per heavy atom. The zero-order valence-electron chi connectivity index (χ0n) is 14.2. The maximum absolute atomic E-state index is 10.6. The molecule has 0 atom stereocenters. The normalized spacial score (nSPS) is 21.2. The Labute approximate surface area is 138 Å². The number of benzene rings is 1. The molecule has 5 heteroatoms. The summed E-state index contributed by atoms with van der Waals surface area (Å²) in [6.45, 7) is 4.68.